The van der Waals surface area contributed by atoms with Crippen LogP contribution in [-0.4, -0.2) is 40.8 Å². The molecule has 2 N–H and O–H groups in total. The van der Waals surface area contributed by atoms with E-state index in [0.29, 0.717) is 24.1 Å². The zero-order chi connectivity index (χ0) is 16.1. The minimum absolute atomic E-state index is 0.0542. The van der Waals surface area contributed by atoms with E-state index in [9.17, 15) is 9.59 Å². The highest BCUT2D eigenvalue weighted by Crippen LogP contribution is 2.17. The van der Waals surface area contributed by atoms with Crippen LogP contribution in [0, 0.1) is 5.92 Å². The summed E-state index contributed by atoms with van der Waals surface area (Å²) in [6.45, 7) is 1.39. The fraction of sp³-hybridized carbons (Fsp3) is 0.294. The fourth-order valence-corrected chi connectivity index (χ4v) is 2.77. The summed E-state index contributed by atoms with van der Waals surface area (Å²) >= 11 is 0. The van der Waals surface area contributed by atoms with Crippen molar-refractivity contribution in [2.45, 2.75) is 12.5 Å². The van der Waals surface area contributed by atoms with E-state index in [0.717, 1.165) is 6.54 Å². The maximum Gasteiger partial charge on any atom is 0.251 e. The van der Waals surface area contributed by atoms with Crippen molar-refractivity contribution in [1.82, 2.24) is 20.6 Å². The number of carbonyl (C=O) groups excluding carboxylic acids is 2. The van der Waals surface area contributed by atoms with Crippen LogP contribution >= 0.6 is 0 Å². The Morgan fingerprint density at radius 2 is 1.61 bits per heavy atom. The zero-order valence-corrected chi connectivity index (χ0v) is 12.6. The van der Waals surface area contributed by atoms with E-state index in [1.807, 2.05) is 0 Å². The van der Waals surface area contributed by atoms with Gasteiger partial charge in [0.05, 0.1) is 0 Å². The number of carbonyl (C=O) groups is 2. The molecule has 3 heterocycles. The first-order valence-corrected chi connectivity index (χ1v) is 7.59. The Kier molecular flexibility index (Phi) is 4.73. The molecule has 0 spiro atoms. The van der Waals surface area contributed by atoms with Gasteiger partial charge in [0.25, 0.3) is 5.91 Å². The second kappa shape index (κ2) is 7.11. The third-order valence-corrected chi connectivity index (χ3v) is 4.05. The van der Waals surface area contributed by atoms with Crippen LogP contribution in [0.25, 0.3) is 0 Å². The summed E-state index contributed by atoms with van der Waals surface area (Å²) in [6, 6.07) is 6.73. The average molecular weight is 310 g/mol. The predicted molar refractivity (Wildman–Crippen MR) is 85.0 cm³/mol. The monoisotopic (exact) mass is 310 g/mol. The molecule has 1 aliphatic rings. The molecule has 0 saturated carbocycles. The van der Waals surface area contributed by atoms with Crippen molar-refractivity contribution in [3.8, 4) is 0 Å². The summed E-state index contributed by atoms with van der Waals surface area (Å²) in [5.41, 5.74) is 1.23. The van der Waals surface area contributed by atoms with Crippen molar-refractivity contribution < 1.29 is 9.59 Å². The number of hydrogen-bond donors (Lipinski definition) is 2. The summed E-state index contributed by atoms with van der Waals surface area (Å²) in [7, 11) is 0. The van der Waals surface area contributed by atoms with Gasteiger partial charge in [-0.3, -0.25) is 19.6 Å². The van der Waals surface area contributed by atoms with Crippen molar-refractivity contribution in [2.24, 2.45) is 5.92 Å². The number of nitrogens with one attached hydrogen (secondary N) is 2. The van der Waals surface area contributed by atoms with E-state index in [1.165, 1.54) is 0 Å². The Bertz CT molecular complexity index is 616. The summed E-state index contributed by atoms with van der Waals surface area (Å²) in [5, 5.41) is 6.25. The first-order valence-electron chi connectivity index (χ1n) is 7.59. The molecule has 0 radical (unpaired) electrons. The van der Waals surface area contributed by atoms with E-state index >= 15 is 0 Å². The molecule has 1 fully saturated rings. The highest BCUT2D eigenvalue weighted by Gasteiger charge is 2.30. The highest BCUT2D eigenvalue weighted by molar-refractivity contribution is 5.96. The van der Waals surface area contributed by atoms with E-state index in [4.69, 9.17) is 0 Å². The third kappa shape index (κ3) is 3.78. The molecular formula is C17H18N4O2. The smallest absolute Gasteiger partial charge is 0.251 e. The number of rotatable bonds is 5. The molecule has 2 aromatic rings. The van der Waals surface area contributed by atoms with Gasteiger partial charge in [0, 0.05) is 67.4 Å². The Morgan fingerprint density at radius 1 is 1.00 bits per heavy atom. The first-order chi connectivity index (χ1) is 11.2. The van der Waals surface area contributed by atoms with Gasteiger partial charge in [0.2, 0.25) is 0 Å². The van der Waals surface area contributed by atoms with Crippen LogP contribution in [0.15, 0.2) is 49.1 Å². The lowest BCUT2D eigenvalue weighted by atomic mass is 9.94. The normalized spacial score (nSPS) is 20.2. The van der Waals surface area contributed by atoms with Gasteiger partial charge in [0.15, 0.2) is 5.78 Å². The summed E-state index contributed by atoms with van der Waals surface area (Å²) in [6.07, 6.45) is 6.81. The number of pyridine rings is 2. The fourth-order valence-electron chi connectivity index (χ4n) is 2.77. The van der Waals surface area contributed by atoms with Crippen molar-refractivity contribution in [3.63, 3.8) is 0 Å². The molecule has 118 valence electrons. The topological polar surface area (TPSA) is 84.0 Å². The molecule has 2 atom stereocenters. The van der Waals surface area contributed by atoms with Gasteiger partial charge >= 0.3 is 0 Å². The van der Waals surface area contributed by atoms with Gasteiger partial charge < -0.3 is 10.6 Å². The maximum absolute atomic E-state index is 12.3. The Morgan fingerprint density at radius 3 is 2.26 bits per heavy atom. The molecule has 23 heavy (non-hydrogen) atoms. The van der Waals surface area contributed by atoms with Crippen LogP contribution < -0.4 is 10.6 Å². The molecular weight excluding hydrogens is 292 g/mol. The first kappa shape index (κ1) is 15.3. The van der Waals surface area contributed by atoms with Gasteiger partial charge in [-0.25, -0.2) is 0 Å². The standard InChI is InChI=1S/C17H18N4O2/c22-16(12-1-5-18-6-2-12)9-14-10-20-11-15(14)21-17(23)13-3-7-19-8-4-13/h1-8,14-15,20H,9-11H2,(H,21,23)/t14-,15-/m0/s1. The average Bonchev–Trinajstić information content (AvgIpc) is 3.03. The van der Waals surface area contributed by atoms with Crippen molar-refractivity contribution in [3.05, 3.63) is 60.2 Å². The second-order valence-electron chi connectivity index (χ2n) is 5.60. The zero-order valence-electron chi connectivity index (χ0n) is 12.6. The largest absolute Gasteiger partial charge is 0.348 e. The molecule has 6 nitrogen and oxygen atoms in total. The van der Waals surface area contributed by atoms with E-state index in [1.54, 1.807) is 49.1 Å². The summed E-state index contributed by atoms with van der Waals surface area (Å²) < 4.78 is 0. The van der Waals surface area contributed by atoms with Crippen molar-refractivity contribution in [1.29, 1.82) is 0 Å². The van der Waals surface area contributed by atoms with E-state index in [2.05, 4.69) is 20.6 Å². The number of amides is 1. The van der Waals surface area contributed by atoms with Crippen molar-refractivity contribution in [2.75, 3.05) is 13.1 Å². The van der Waals surface area contributed by atoms with Crippen LogP contribution in [0.2, 0.25) is 0 Å². The minimum atomic E-state index is -0.137. The Balaban J connectivity index is 1.62. The van der Waals surface area contributed by atoms with Crippen LogP contribution in [-0.2, 0) is 0 Å². The molecule has 2 aromatic heterocycles. The number of aromatic nitrogens is 2. The molecule has 1 saturated heterocycles. The highest BCUT2D eigenvalue weighted by atomic mass is 16.1. The molecule has 6 heteroatoms. The quantitative estimate of drug-likeness (QED) is 0.807. The molecule has 1 aliphatic heterocycles. The van der Waals surface area contributed by atoms with Crippen molar-refractivity contribution >= 4 is 11.7 Å². The van der Waals surface area contributed by atoms with Crippen LogP contribution in [0.1, 0.15) is 27.1 Å². The second-order valence-corrected chi connectivity index (χ2v) is 5.60. The molecule has 0 bridgehead atoms. The lowest BCUT2D eigenvalue weighted by Gasteiger charge is -2.19. The predicted octanol–water partition coefficient (Wildman–Crippen LogP) is 1.07. The van der Waals surface area contributed by atoms with E-state index in [-0.39, 0.29) is 23.7 Å². The van der Waals surface area contributed by atoms with Gasteiger partial charge in [0.1, 0.15) is 0 Å². The van der Waals surface area contributed by atoms with Gasteiger partial charge in [-0.15, -0.1) is 0 Å². The van der Waals surface area contributed by atoms with Crippen LogP contribution in [0.4, 0.5) is 0 Å². The number of nitrogens with zero attached hydrogens (tertiary/aromatic N) is 2. The Labute approximate surface area is 134 Å². The summed E-state index contributed by atoms with van der Waals surface area (Å²) in [5.74, 6) is 0.0215. The molecule has 3 rings (SSSR count). The molecule has 1 amide bonds. The number of Topliss-reactive ketones (excluding diaryl/α,β-unsaturated/α-hetero) is 1. The van der Waals surface area contributed by atoms with Crippen LogP contribution in [0.5, 0.6) is 0 Å². The van der Waals surface area contributed by atoms with E-state index < -0.39 is 0 Å². The van der Waals surface area contributed by atoms with Crippen LogP contribution in [0.3, 0.4) is 0 Å². The molecule has 0 unspecified atom stereocenters. The molecule has 0 aromatic carbocycles. The Hall–Kier alpha value is -2.60. The SMILES string of the molecule is O=C(C[C@H]1CNC[C@@H]1NC(=O)c1ccncc1)c1ccncc1. The third-order valence-electron chi connectivity index (χ3n) is 4.05. The number of hydrogen-bond acceptors (Lipinski definition) is 5. The van der Waals surface area contributed by atoms with Gasteiger partial charge in [-0.05, 0) is 24.3 Å². The number of ketones is 1. The van der Waals surface area contributed by atoms with Gasteiger partial charge in [-0.1, -0.05) is 0 Å². The minimum Gasteiger partial charge on any atom is -0.348 e. The lowest BCUT2D eigenvalue weighted by Crippen LogP contribution is -2.41. The summed E-state index contributed by atoms with van der Waals surface area (Å²) in [4.78, 5) is 32.4. The van der Waals surface area contributed by atoms with Gasteiger partial charge in [-0.2, -0.15) is 0 Å². The molecule has 0 aliphatic carbocycles. The lowest BCUT2D eigenvalue weighted by molar-refractivity contribution is 0.0902. The maximum atomic E-state index is 12.3.